The molecule has 5 heteroatoms. The van der Waals surface area contributed by atoms with E-state index in [1.807, 2.05) is 29.2 Å². The first-order valence-corrected chi connectivity index (χ1v) is 9.79. The molecule has 1 unspecified atom stereocenters. The van der Waals surface area contributed by atoms with Crippen LogP contribution in [0.5, 0.6) is 17.2 Å². The van der Waals surface area contributed by atoms with Crippen molar-refractivity contribution in [1.29, 1.82) is 0 Å². The van der Waals surface area contributed by atoms with Crippen molar-refractivity contribution < 1.29 is 19.0 Å². The fourth-order valence-electron chi connectivity index (χ4n) is 3.37. The van der Waals surface area contributed by atoms with Gasteiger partial charge in [0, 0.05) is 25.9 Å². The highest BCUT2D eigenvalue weighted by Gasteiger charge is 2.28. The number of aryl methyl sites for hydroxylation is 2. The third-order valence-corrected chi connectivity index (χ3v) is 5.11. The molecule has 5 nitrogen and oxygen atoms in total. The van der Waals surface area contributed by atoms with Gasteiger partial charge in [0.15, 0.2) is 6.10 Å². The van der Waals surface area contributed by atoms with Gasteiger partial charge in [-0.15, -0.1) is 0 Å². The molecule has 2 aromatic rings. The van der Waals surface area contributed by atoms with E-state index in [0.717, 1.165) is 29.9 Å². The van der Waals surface area contributed by atoms with Crippen LogP contribution in [0.2, 0.25) is 0 Å². The number of hydrogen-bond acceptors (Lipinski definition) is 4. The lowest BCUT2D eigenvalue weighted by Gasteiger charge is -2.34. The lowest BCUT2D eigenvalue weighted by molar-refractivity contribution is -0.139. The van der Waals surface area contributed by atoms with Gasteiger partial charge in [-0.05, 0) is 62.2 Å². The number of amides is 1. The smallest absolute Gasteiger partial charge is 0.263 e. The Balaban J connectivity index is 1.50. The second-order valence-electron chi connectivity index (χ2n) is 7.35. The fraction of sp³-hybridized carbons (Fsp3) is 0.435. The second-order valence-corrected chi connectivity index (χ2v) is 7.35. The van der Waals surface area contributed by atoms with E-state index in [1.54, 1.807) is 14.0 Å². The van der Waals surface area contributed by atoms with Crippen LogP contribution in [0.3, 0.4) is 0 Å². The molecule has 1 atom stereocenters. The van der Waals surface area contributed by atoms with Crippen LogP contribution in [0.25, 0.3) is 0 Å². The molecule has 28 heavy (non-hydrogen) atoms. The van der Waals surface area contributed by atoms with E-state index >= 15 is 0 Å². The minimum atomic E-state index is -0.523. The maximum Gasteiger partial charge on any atom is 0.263 e. The van der Waals surface area contributed by atoms with Crippen LogP contribution < -0.4 is 14.2 Å². The average molecular weight is 383 g/mol. The van der Waals surface area contributed by atoms with Crippen molar-refractivity contribution >= 4 is 5.91 Å². The number of rotatable bonds is 6. The monoisotopic (exact) mass is 383 g/mol. The first kappa shape index (κ1) is 20.1. The molecule has 0 aliphatic carbocycles. The van der Waals surface area contributed by atoms with Gasteiger partial charge >= 0.3 is 0 Å². The normalized spacial score (nSPS) is 15.8. The molecule has 0 bridgehead atoms. The summed E-state index contributed by atoms with van der Waals surface area (Å²) in [7, 11) is 1.62. The van der Waals surface area contributed by atoms with Crippen LogP contribution >= 0.6 is 0 Å². The molecule has 1 heterocycles. The molecule has 2 aromatic carbocycles. The lowest BCUT2D eigenvalue weighted by atomic mass is 10.1. The van der Waals surface area contributed by atoms with E-state index in [2.05, 4.69) is 32.0 Å². The summed E-state index contributed by atoms with van der Waals surface area (Å²) < 4.78 is 17.1. The Morgan fingerprint density at radius 2 is 1.68 bits per heavy atom. The number of hydrogen-bond donors (Lipinski definition) is 0. The molecular weight excluding hydrogens is 354 g/mol. The SMILES string of the molecule is COc1ccc(OC(C)C(=O)N2CCC(Oc3cc(C)ccc3C)CC2)cc1. The highest BCUT2D eigenvalue weighted by molar-refractivity contribution is 5.81. The summed E-state index contributed by atoms with van der Waals surface area (Å²) in [6.07, 6.45) is 1.27. The molecule has 0 radical (unpaired) electrons. The quantitative estimate of drug-likeness (QED) is 0.752. The van der Waals surface area contributed by atoms with Gasteiger partial charge in [0.1, 0.15) is 23.4 Å². The van der Waals surface area contributed by atoms with Gasteiger partial charge in [-0.2, -0.15) is 0 Å². The van der Waals surface area contributed by atoms with E-state index in [0.29, 0.717) is 18.8 Å². The zero-order valence-electron chi connectivity index (χ0n) is 17.1. The van der Waals surface area contributed by atoms with Gasteiger partial charge in [0.05, 0.1) is 7.11 Å². The van der Waals surface area contributed by atoms with Gasteiger partial charge in [-0.25, -0.2) is 0 Å². The topological polar surface area (TPSA) is 48.0 Å². The number of carbonyl (C=O) groups is 1. The van der Waals surface area contributed by atoms with Gasteiger partial charge in [-0.1, -0.05) is 12.1 Å². The molecule has 3 rings (SSSR count). The summed E-state index contributed by atoms with van der Waals surface area (Å²) in [6, 6.07) is 13.5. The Kier molecular flexibility index (Phi) is 6.45. The summed E-state index contributed by atoms with van der Waals surface area (Å²) in [4.78, 5) is 14.6. The summed E-state index contributed by atoms with van der Waals surface area (Å²) in [6.45, 7) is 7.30. The van der Waals surface area contributed by atoms with Crippen molar-refractivity contribution in [2.24, 2.45) is 0 Å². The van der Waals surface area contributed by atoms with Crippen LogP contribution in [0.4, 0.5) is 0 Å². The molecule has 0 aromatic heterocycles. The average Bonchev–Trinajstić information content (AvgIpc) is 2.71. The molecule has 1 aliphatic rings. The Morgan fingerprint density at radius 1 is 1.04 bits per heavy atom. The highest BCUT2D eigenvalue weighted by atomic mass is 16.5. The molecule has 1 aliphatic heterocycles. The zero-order chi connectivity index (χ0) is 20.1. The Labute approximate surface area is 167 Å². The van der Waals surface area contributed by atoms with Gasteiger partial charge in [0.25, 0.3) is 5.91 Å². The minimum Gasteiger partial charge on any atom is -0.497 e. The van der Waals surface area contributed by atoms with Gasteiger partial charge < -0.3 is 19.1 Å². The third kappa shape index (κ3) is 4.97. The number of carbonyl (C=O) groups excluding carboxylic acids is 1. The number of nitrogens with zero attached hydrogens (tertiary/aromatic N) is 1. The van der Waals surface area contributed by atoms with E-state index in [4.69, 9.17) is 14.2 Å². The van der Waals surface area contributed by atoms with Crippen LogP contribution in [0.15, 0.2) is 42.5 Å². The molecule has 0 spiro atoms. The van der Waals surface area contributed by atoms with Crippen molar-refractivity contribution in [3.05, 3.63) is 53.6 Å². The Morgan fingerprint density at radius 3 is 2.32 bits per heavy atom. The first-order chi connectivity index (χ1) is 13.5. The molecule has 1 saturated heterocycles. The maximum absolute atomic E-state index is 12.7. The van der Waals surface area contributed by atoms with E-state index in [9.17, 15) is 4.79 Å². The minimum absolute atomic E-state index is 0.0148. The van der Waals surface area contributed by atoms with Crippen LogP contribution in [0, 0.1) is 13.8 Å². The van der Waals surface area contributed by atoms with Gasteiger partial charge in [0.2, 0.25) is 0 Å². The number of ether oxygens (including phenoxy) is 3. The van der Waals surface area contributed by atoms with Crippen LogP contribution in [0.1, 0.15) is 30.9 Å². The first-order valence-electron chi connectivity index (χ1n) is 9.79. The summed E-state index contributed by atoms with van der Waals surface area (Å²) in [5.74, 6) is 2.38. The van der Waals surface area contributed by atoms with E-state index in [-0.39, 0.29) is 12.0 Å². The maximum atomic E-state index is 12.7. The standard InChI is InChI=1S/C23H29NO4/c1-16-5-6-17(2)22(15-16)28-21-11-13-24(14-12-21)23(25)18(3)27-20-9-7-19(26-4)8-10-20/h5-10,15,18,21H,11-14H2,1-4H3. The lowest BCUT2D eigenvalue weighted by Crippen LogP contribution is -2.46. The van der Waals surface area contributed by atoms with E-state index in [1.165, 1.54) is 5.56 Å². The van der Waals surface area contributed by atoms with Crippen LogP contribution in [-0.4, -0.2) is 43.2 Å². The summed E-state index contributed by atoms with van der Waals surface area (Å²) in [5.41, 5.74) is 2.34. The molecular formula is C23H29NO4. The number of likely N-dealkylation sites (tertiary alicyclic amines) is 1. The van der Waals surface area contributed by atoms with Crippen molar-refractivity contribution in [3.63, 3.8) is 0 Å². The summed E-state index contributed by atoms with van der Waals surface area (Å²) >= 11 is 0. The molecule has 0 saturated carbocycles. The third-order valence-electron chi connectivity index (χ3n) is 5.11. The Hall–Kier alpha value is -2.69. The van der Waals surface area contributed by atoms with Crippen LogP contribution in [-0.2, 0) is 4.79 Å². The van der Waals surface area contributed by atoms with Crippen molar-refractivity contribution in [1.82, 2.24) is 4.90 Å². The molecule has 0 N–H and O–H groups in total. The summed E-state index contributed by atoms with van der Waals surface area (Å²) in [5, 5.41) is 0. The van der Waals surface area contributed by atoms with E-state index < -0.39 is 6.10 Å². The molecule has 1 amide bonds. The highest BCUT2D eigenvalue weighted by Crippen LogP contribution is 2.25. The second kappa shape index (κ2) is 9.00. The molecule has 150 valence electrons. The van der Waals surface area contributed by atoms with Gasteiger partial charge in [-0.3, -0.25) is 4.79 Å². The number of piperidine rings is 1. The van der Waals surface area contributed by atoms with Crippen molar-refractivity contribution in [2.75, 3.05) is 20.2 Å². The Bertz CT molecular complexity index is 795. The predicted octanol–water partition coefficient (Wildman–Crippen LogP) is 4.15. The zero-order valence-corrected chi connectivity index (χ0v) is 17.1. The number of methoxy groups -OCH3 is 1. The fourth-order valence-corrected chi connectivity index (χ4v) is 3.37. The molecule has 1 fully saturated rings. The predicted molar refractivity (Wildman–Crippen MR) is 109 cm³/mol. The largest absolute Gasteiger partial charge is 0.497 e. The van der Waals surface area contributed by atoms with Crippen molar-refractivity contribution in [3.8, 4) is 17.2 Å². The number of benzene rings is 2. The van der Waals surface area contributed by atoms with Crippen molar-refractivity contribution in [2.45, 2.75) is 45.8 Å².